The lowest BCUT2D eigenvalue weighted by molar-refractivity contribution is 0.0926. The summed E-state index contributed by atoms with van der Waals surface area (Å²) < 4.78 is 1.65. The number of aromatic nitrogens is 3. The van der Waals surface area contributed by atoms with Gasteiger partial charge in [0.15, 0.2) is 0 Å². The second kappa shape index (κ2) is 6.13. The number of hydrogen-bond donors (Lipinski definition) is 1. The molecule has 0 spiro atoms. The topological polar surface area (TPSA) is 63.1 Å². The van der Waals surface area contributed by atoms with Crippen LogP contribution in [-0.4, -0.2) is 34.8 Å². The molecule has 0 aliphatic carbocycles. The molecule has 21 heavy (non-hydrogen) atoms. The monoisotopic (exact) mass is 307 g/mol. The van der Waals surface area contributed by atoms with Crippen molar-refractivity contribution in [1.82, 2.24) is 20.1 Å². The van der Waals surface area contributed by atoms with Gasteiger partial charge in [-0.2, -0.15) is 0 Å². The number of nitrogens with one attached hydrogen (secondary N) is 1. The van der Waals surface area contributed by atoms with Crippen LogP contribution in [0.2, 0.25) is 5.02 Å². The van der Waals surface area contributed by atoms with Crippen LogP contribution in [0.3, 0.4) is 0 Å². The average Bonchev–Trinajstić information content (AvgIpc) is 2.80. The maximum absolute atomic E-state index is 12.3. The van der Waals surface area contributed by atoms with Crippen molar-refractivity contribution in [2.45, 2.75) is 13.0 Å². The minimum Gasteiger partial charge on any atom is -0.347 e. The van der Waals surface area contributed by atoms with Crippen LogP contribution in [0.15, 0.2) is 24.3 Å². The van der Waals surface area contributed by atoms with Gasteiger partial charge >= 0.3 is 0 Å². The summed E-state index contributed by atoms with van der Waals surface area (Å²) in [6, 6.07) is 7.22. The van der Waals surface area contributed by atoms with Gasteiger partial charge in [-0.1, -0.05) is 23.7 Å². The number of amides is 1. The maximum Gasteiger partial charge on any atom is 0.289 e. The highest BCUT2D eigenvalue weighted by Gasteiger charge is 2.19. The highest BCUT2D eigenvalue weighted by atomic mass is 35.5. The van der Waals surface area contributed by atoms with Gasteiger partial charge in [-0.05, 0) is 24.6 Å². The maximum atomic E-state index is 12.3. The molecule has 0 radical (unpaired) electrons. The molecule has 1 atom stereocenters. The SMILES string of the molecule is CC(NC(=O)c1nnc(N(C)C)n1C)c1cccc(Cl)c1. The summed E-state index contributed by atoms with van der Waals surface area (Å²) in [5, 5.41) is 11.5. The molecule has 0 aliphatic rings. The Hall–Kier alpha value is -2.08. The molecule has 2 aromatic rings. The lowest BCUT2D eigenvalue weighted by atomic mass is 10.1. The second-order valence-electron chi connectivity index (χ2n) is 5.03. The fourth-order valence-corrected chi connectivity index (χ4v) is 2.23. The van der Waals surface area contributed by atoms with Crippen molar-refractivity contribution in [2.75, 3.05) is 19.0 Å². The van der Waals surface area contributed by atoms with E-state index in [2.05, 4.69) is 15.5 Å². The molecular formula is C14H18ClN5O. The Labute approximate surface area is 128 Å². The first-order chi connectivity index (χ1) is 9.90. The Morgan fingerprint density at radius 3 is 2.67 bits per heavy atom. The Morgan fingerprint density at radius 1 is 1.38 bits per heavy atom. The van der Waals surface area contributed by atoms with Crippen LogP contribution in [0, 0.1) is 0 Å². The van der Waals surface area contributed by atoms with E-state index in [9.17, 15) is 4.79 Å². The lowest BCUT2D eigenvalue weighted by Crippen LogP contribution is -2.29. The normalized spacial score (nSPS) is 12.0. The van der Waals surface area contributed by atoms with Crippen LogP contribution in [-0.2, 0) is 7.05 Å². The van der Waals surface area contributed by atoms with E-state index in [4.69, 9.17) is 11.6 Å². The highest BCUT2D eigenvalue weighted by molar-refractivity contribution is 6.30. The van der Waals surface area contributed by atoms with Crippen LogP contribution in [0.25, 0.3) is 0 Å². The van der Waals surface area contributed by atoms with Gasteiger partial charge in [0, 0.05) is 26.2 Å². The van der Waals surface area contributed by atoms with Crippen molar-refractivity contribution < 1.29 is 4.79 Å². The van der Waals surface area contributed by atoms with Crippen molar-refractivity contribution in [3.05, 3.63) is 40.7 Å². The van der Waals surface area contributed by atoms with Gasteiger partial charge < -0.3 is 10.2 Å². The van der Waals surface area contributed by atoms with Gasteiger partial charge in [0.2, 0.25) is 11.8 Å². The molecule has 112 valence electrons. The molecule has 0 saturated carbocycles. The number of carbonyl (C=O) groups excluding carboxylic acids is 1. The number of benzene rings is 1. The predicted octanol–water partition coefficient (Wildman–Crippen LogP) is 2.03. The standard InChI is InChI=1S/C14H18ClN5O/c1-9(10-6-5-7-11(15)8-10)16-13(21)12-17-18-14(19(2)3)20(12)4/h5-9H,1-4H3,(H,16,21). The van der Waals surface area contributed by atoms with E-state index in [1.54, 1.807) is 22.6 Å². The largest absolute Gasteiger partial charge is 0.347 e. The first-order valence-electron chi connectivity index (χ1n) is 6.53. The third-order valence-electron chi connectivity index (χ3n) is 3.15. The third kappa shape index (κ3) is 3.33. The Bertz CT molecular complexity index is 653. The number of nitrogens with zero attached hydrogens (tertiary/aromatic N) is 4. The van der Waals surface area contributed by atoms with Gasteiger partial charge in [0.1, 0.15) is 0 Å². The predicted molar refractivity (Wildman–Crippen MR) is 82.7 cm³/mol. The van der Waals surface area contributed by atoms with Gasteiger partial charge in [0.05, 0.1) is 6.04 Å². The zero-order valence-electron chi connectivity index (χ0n) is 12.5. The zero-order chi connectivity index (χ0) is 15.6. The summed E-state index contributed by atoms with van der Waals surface area (Å²) in [6.45, 7) is 1.90. The summed E-state index contributed by atoms with van der Waals surface area (Å²) in [5.41, 5.74) is 0.936. The molecule has 1 N–H and O–H groups in total. The quantitative estimate of drug-likeness (QED) is 0.938. The minimum absolute atomic E-state index is 0.171. The zero-order valence-corrected chi connectivity index (χ0v) is 13.2. The first kappa shape index (κ1) is 15.3. The van der Waals surface area contributed by atoms with E-state index < -0.39 is 0 Å². The summed E-state index contributed by atoms with van der Waals surface area (Å²) in [6.07, 6.45) is 0. The molecule has 6 nitrogen and oxygen atoms in total. The van der Waals surface area contributed by atoms with E-state index in [0.29, 0.717) is 11.0 Å². The molecule has 0 aliphatic heterocycles. The summed E-state index contributed by atoms with van der Waals surface area (Å²) in [5.74, 6) is 0.619. The van der Waals surface area contributed by atoms with Crippen molar-refractivity contribution in [3.8, 4) is 0 Å². The number of hydrogen-bond acceptors (Lipinski definition) is 4. The van der Waals surface area contributed by atoms with E-state index >= 15 is 0 Å². The molecule has 1 unspecified atom stereocenters. The van der Waals surface area contributed by atoms with Crippen LogP contribution in [0.5, 0.6) is 0 Å². The minimum atomic E-state index is -0.273. The van der Waals surface area contributed by atoms with Crippen molar-refractivity contribution in [2.24, 2.45) is 7.05 Å². The van der Waals surface area contributed by atoms with E-state index in [0.717, 1.165) is 5.56 Å². The molecule has 0 saturated heterocycles. The number of halogens is 1. The van der Waals surface area contributed by atoms with E-state index in [-0.39, 0.29) is 17.8 Å². The summed E-state index contributed by atoms with van der Waals surface area (Å²) in [7, 11) is 5.45. The van der Waals surface area contributed by atoms with Crippen molar-refractivity contribution >= 4 is 23.5 Å². The molecule has 0 fully saturated rings. The van der Waals surface area contributed by atoms with Crippen LogP contribution in [0.1, 0.15) is 29.1 Å². The molecular weight excluding hydrogens is 290 g/mol. The van der Waals surface area contributed by atoms with E-state index in [1.807, 2.05) is 39.2 Å². The molecule has 0 bridgehead atoms. The Balaban J connectivity index is 2.15. The van der Waals surface area contributed by atoms with Gasteiger partial charge in [0.25, 0.3) is 5.91 Å². The Kier molecular flexibility index (Phi) is 4.47. The summed E-state index contributed by atoms with van der Waals surface area (Å²) in [4.78, 5) is 14.1. The number of rotatable bonds is 4. The van der Waals surface area contributed by atoms with E-state index in [1.165, 1.54) is 0 Å². The first-order valence-corrected chi connectivity index (χ1v) is 6.91. The average molecular weight is 308 g/mol. The summed E-state index contributed by atoms with van der Waals surface area (Å²) >= 11 is 5.96. The third-order valence-corrected chi connectivity index (χ3v) is 3.39. The fourth-order valence-electron chi connectivity index (χ4n) is 2.03. The van der Waals surface area contributed by atoms with Crippen molar-refractivity contribution in [1.29, 1.82) is 0 Å². The van der Waals surface area contributed by atoms with Gasteiger partial charge in [-0.25, -0.2) is 0 Å². The molecule has 1 amide bonds. The number of carbonyl (C=O) groups is 1. The molecule has 1 aromatic carbocycles. The van der Waals surface area contributed by atoms with Crippen molar-refractivity contribution in [3.63, 3.8) is 0 Å². The molecule has 1 aromatic heterocycles. The van der Waals surface area contributed by atoms with Gasteiger partial charge in [-0.3, -0.25) is 9.36 Å². The van der Waals surface area contributed by atoms with Crippen LogP contribution < -0.4 is 10.2 Å². The number of anilines is 1. The smallest absolute Gasteiger partial charge is 0.289 e. The molecule has 2 rings (SSSR count). The Morgan fingerprint density at radius 2 is 2.10 bits per heavy atom. The lowest BCUT2D eigenvalue weighted by Gasteiger charge is -2.15. The molecule has 7 heteroatoms. The van der Waals surface area contributed by atoms with Crippen LogP contribution >= 0.6 is 11.6 Å². The molecule has 1 heterocycles. The fraction of sp³-hybridized carbons (Fsp3) is 0.357. The van der Waals surface area contributed by atoms with Crippen LogP contribution in [0.4, 0.5) is 5.95 Å². The second-order valence-corrected chi connectivity index (χ2v) is 5.46. The van der Waals surface area contributed by atoms with Gasteiger partial charge in [-0.15, -0.1) is 10.2 Å². The highest BCUT2D eigenvalue weighted by Crippen LogP contribution is 2.18.